The number of rotatable bonds is 3. The number of aromatic nitrogens is 1. The second kappa shape index (κ2) is 5.17. The number of benzene rings is 1. The maximum absolute atomic E-state index is 8.89. The normalized spacial score (nSPS) is 9.61. The van der Waals surface area contributed by atoms with Gasteiger partial charge < -0.3 is 10.3 Å². The van der Waals surface area contributed by atoms with Gasteiger partial charge in [-0.25, -0.2) is 10.8 Å². The predicted octanol–water partition coefficient (Wildman–Crippen LogP) is 2.01. The van der Waals surface area contributed by atoms with E-state index >= 15 is 0 Å². The molecule has 0 aliphatic heterocycles. The molecule has 2 rings (SSSR count). The zero-order valence-electron chi connectivity index (χ0n) is 9.96. The summed E-state index contributed by atoms with van der Waals surface area (Å²) in [5.41, 5.74) is 5.01. The molecule has 0 atom stereocenters. The molecule has 5 nitrogen and oxygen atoms in total. The van der Waals surface area contributed by atoms with E-state index in [9.17, 15) is 0 Å². The Morgan fingerprint density at radius 1 is 1.28 bits per heavy atom. The van der Waals surface area contributed by atoms with Gasteiger partial charge in [0.05, 0.1) is 11.6 Å². The van der Waals surface area contributed by atoms with Crippen molar-refractivity contribution < 1.29 is 0 Å². The van der Waals surface area contributed by atoms with E-state index in [0.717, 1.165) is 11.4 Å². The highest BCUT2D eigenvalue weighted by Gasteiger charge is 2.05. The summed E-state index contributed by atoms with van der Waals surface area (Å²) in [5.74, 6) is 5.92. The van der Waals surface area contributed by atoms with Crippen molar-refractivity contribution in [3.8, 4) is 6.07 Å². The Morgan fingerprint density at radius 2 is 2.06 bits per heavy atom. The van der Waals surface area contributed by atoms with Crippen LogP contribution in [0.5, 0.6) is 0 Å². The van der Waals surface area contributed by atoms with E-state index in [2.05, 4.69) is 16.5 Å². The molecule has 1 aromatic carbocycles. The number of hydrogen-bond acceptors (Lipinski definition) is 5. The topological polar surface area (TPSA) is 78.0 Å². The SMILES string of the molecule is CN(c1cccc(C#N)c1)c1ccnc(NN)c1. The van der Waals surface area contributed by atoms with Crippen LogP contribution in [0.25, 0.3) is 0 Å². The quantitative estimate of drug-likeness (QED) is 0.632. The van der Waals surface area contributed by atoms with Crippen molar-refractivity contribution in [3.63, 3.8) is 0 Å². The summed E-state index contributed by atoms with van der Waals surface area (Å²) in [6, 6.07) is 13.2. The van der Waals surface area contributed by atoms with E-state index in [4.69, 9.17) is 11.1 Å². The first-order valence-electron chi connectivity index (χ1n) is 5.41. The minimum Gasteiger partial charge on any atom is -0.344 e. The average Bonchev–Trinajstić information content (AvgIpc) is 2.46. The number of nitriles is 1. The van der Waals surface area contributed by atoms with Crippen LogP contribution in [0.15, 0.2) is 42.6 Å². The minimum atomic E-state index is 0.593. The molecule has 3 N–H and O–H groups in total. The fourth-order valence-corrected chi connectivity index (χ4v) is 1.64. The van der Waals surface area contributed by atoms with Gasteiger partial charge in [0.1, 0.15) is 5.82 Å². The van der Waals surface area contributed by atoms with Crippen LogP contribution < -0.4 is 16.2 Å². The van der Waals surface area contributed by atoms with Gasteiger partial charge in [-0.15, -0.1) is 0 Å². The molecule has 0 radical (unpaired) electrons. The third-order valence-electron chi connectivity index (χ3n) is 2.64. The average molecular weight is 239 g/mol. The second-order valence-electron chi connectivity index (χ2n) is 3.76. The van der Waals surface area contributed by atoms with Crippen LogP contribution in [0.4, 0.5) is 17.2 Å². The van der Waals surface area contributed by atoms with E-state index in [1.807, 2.05) is 42.3 Å². The first-order valence-corrected chi connectivity index (χ1v) is 5.41. The van der Waals surface area contributed by atoms with Gasteiger partial charge in [0.2, 0.25) is 0 Å². The number of hydrogen-bond donors (Lipinski definition) is 2. The van der Waals surface area contributed by atoms with E-state index in [1.54, 1.807) is 12.3 Å². The lowest BCUT2D eigenvalue weighted by atomic mass is 10.2. The van der Waals surface area contributed by atoms with Crippen LogP contribution in [-0.2, 0) is 0 Å². The van der Waals surface area contributed by atoms with Crippen molar-refractivity contribution in [3.05, 3.63) is 48.2 Å². The highest BCUT2D eigenvalue weighted by atomic mass is 15.2. The van der Waals surface area contributed by atoms with Crippen LogP contribution >= 0.6 is 0 Å². The zero-order valence-corrected chi connectivity index (χ0v) is 9.96. The van der Waals surface area contributed by atoms with Crippen molar-refractivity contribution in [2.24, 2.45) is 5.84 Å². The summed E-state index contributed by atoms with van der Waals surface area (Å²) in [5, 5.41) is 8.89. The van der Waals surface area contributed by atoms with Crippen molar-refractivity contribution in [2.45, 2.75) is 0 Å². The minimum absolute atomic E-state index is 0.593. The number of nitrogens with two attached hydrogens (primary N) is 1. The van der Waals surface area contributed by atoms with E-state index in [0.29, 0.717) is 11.4 Å². The third kappa shape index (κ3) is 2.39. The number of nitrogen functional groups attached to an aromatic ring is 1. The molecule has 18 heavy (non-hydrogen) atoms. The number of anilines is 3. The third-order valence-corrected chi connectivity index (χ3v) is 2.64. The van der Waals surface area contributed by atoms with Gasteiger partial charge in [-0.1, -0.05) is 6.07 Å². The molecule has 0 saturated carbocycles. The molecule has 0 bridgehead atoms. The molecule has 0 saturated heterocycles. The van der Waals surface area contributed by atoms with Gasteiger partial charge in [-0.2, -0.15) is 5.26 Å². The summed E-state index contributed by atoms with van der Waals surface area (Å²) >= 11 is 0. The molecule has 0 fully saturated rings. The molecule has 0 spiro atoms. The summed E-state index contributed by atoms with van der Waals surface area (Å²) in [6.07, 6.45) is 1.68. The summed E-state index contributed by atoms with van der Waals surface area (Å²) in [4.78, 5) is 6.01. The predicted molar refractivity (Wildman–Crippen MR) is 71.3 cm³/mol. The maximum Gasteiger partial charge on any atom is 0.141 e. The lowest BCUT2D eigenvalue weighted by Crippen LogP contribution is -2.12. The standard InChI is InChI=1S/C13H13N5/c1-18(11-4-2-3-10(7-11)9-14)12-5-6-16-13(8-12)17-15/h2-8H,15H2,1H3,(H,16,17). The number of nitrogens with one attached hydrogen (secondary N) is 1. The van der Waals surface area contributed by atoms with Gasteiger partial charge in [0, 0.05) is 30.7 Å². The maximum atomic E-state index is 8.89. The van der Waals surface area contributed by atoms with Gasteiger partial charge in [0.25, 0.3) is 0 Å². The fourth-order valence-electron chi connectivity index (χ4n) is 1.64. The number of nitrogens with zero attached hydrogens (tertiary/aromatic N) is 3. The lowest BCUT2D eigenvalue weighted by molar-refractivity contribution is 1.17. The van der Waals surface area contributed by atoms with Gasteiger partial charge >= 0.3 is 0 Å². The Morgan fingerprint density at radius 3 is 2.78 bits per heavy atom. The highest BCUT2D eigenvalue weighted by molar-refractivity contribution is 5.65. The summed E-state index contributed by atoms with van der Waals surface area (Å²) in [7, 11) is 1.92. The molecule has 0 aliphatic carbocycles. The molecule has 0 amide bonds. The van der Waals surface area contributed by atoms with Crippen LogP contribution in [-0.4, -0.2) is 12.0 Å². The molecule has 0 unspecified atom stereocenters. The molecular formula is C13H13N5. The van der Waals surface area contributed by atoms with Crippen molar-refractivity contribution >= 4 is 17.2 Å². The summed E-state index contributed by atoms with van der Waals surface area (Å²) < 4.78 is 0. The number of pyridine rings is 1. The van der Waals surface area contributed by atoms with Crippen molar-refractivity contribution in [2.75, 3.05) is 17.4 Å². The van der Waals surface area contributed by atoms with E-state index in [-0.39, 0.29) is 0 Å². The molecular weight excluding hydrogens is 226 g/mol. The summed E-state index contributed by atoms with van der Waals surface area (Å²) in [6.45, 7) is 0. The molecule has 1 aromatic heterocycles. The molecule has 0 aliphatic rings. The van der Waals surface area contributed by atoms with Gasteiger partial charge in [0.15, 0.2) is 0 Å². The lowest BCUT2D eigenvalue weighted by Gasteiger charge is -2.20. The molecule has 90 valence electrons. The Bertz CT molecular complexity index is 588. The van der Waals surface area contributed by atoms with Gasteiger partial charge in [-0.05, 0) is 24.3 Å². The number of hydrazine groups is 1. The van der Waals surface area contributed by atoms with Crippen LogP contribution in [0.3, 0.4) is 0 Å². The van der Waals surface area contributed by atoms with Crippen molar-refractivity contribution in [1.29, 1.82) is 5.26 Å². The molecule has 1 heterocycles. The highest BCUT2D eigenvalue weighted by Crippen LogP contribution is 2.25. The Balaban J connectivity index is 2.35. The Labute approximate surface area is 105 Å². The first kappa shape index (κ1) is 11.9. The van der Waals surface area contributed by atoms with Gasteiger partial charge in [-0.3, -0.25) is 0 Å². The first-order chi connectivity index (χ1) is 8.74. The fraction of sp³-hybridized carbons (Fsp3) is 0.0769. The second-order valence-corrected chi connectivity index (χ2v) is 3.76. The monoisotopic (exact) mass is 239 g/mol. The Kier molecular flexibility index (Phi) is 3.41. The van der Waals surface area contributed by atoms with Crippen LogP contribution in [0.2, 0.25) is 0 Å². The largest absolute Gasteiger partial charge is 0.344 e. The van der Waals surface area contributed by atoms with Crippen LogP contribution in [0, 0.1) is 11.3 Å². The molecule has 2 aromatic rings. The molecule has 5 heteroatoms. The van der Waals surface area contributed by atoms with Crippen LogP contribution in [0.1, 0.15) is 5.56 Å². The smallest absolute Gasteiger partial charge is 0.141 e. The van der Waals surface area contributed by atoms with E-state index < -0.39 is 0 Å². The van der Waals surface area contributed by atoms with Crippen molar-refractivity contribution in [1.82, 2.24) is 4.98 Å². The zero-order chi connectivity index (χ0) is 13.0. The van der Waals surface area contributed by atoms with E-state index in [1.165, 1.54) is 0 Å². The Hall–Kier alpha value is -2.58.